The molecule has 0 saturated carbocycles. The van der Waals surface area contributed by atoms with Gasteiger partial charge in [0.1, 0.15) is 5.03 Å². The van der Waals surface area contributed by atoms with E-state index >= 15 is 0 Å². The molecule has 1 aliphatic rings. The first-order chi connectivity index (χ1) is 16.0. The Morgan fingerprint density at radius 3 is 2.64 bits per heavy atom. The van der Waals surface area contributed by atoms with E-state index in [4.69, 9.17) is 0 Å². The van der Waals surface area contributed by atoms with Crippen LogP contribution in [0.25, 0.3) is 11.0 Å². The van der Waals surface area contributed by atoms with Gasteiger partial charge in [-0.05, 0) is 62.6 Å². The summed E-state index contributed by atoms with van der Waals surface area (Å²) in [6.07, 6.45) is 3.22. The van der Waals surface area contributed by atoms with Crippen molar-refractivity contribution in [2.75, 3.05) is 13.1 Å². The molecule has 5 rings (SSSR count). The average Bonchev–Trinajstić information content (AvgIpc) is 3.16. The molecular formula is C26H26N4O2S. The monoisotopic (exact) mass is 458 g/mol. The number of benzene rings is 2. The number of nitrogens with one attached hydrogen (secondary N) is 1. The minimum absolute atomic E-state index is 0.0000818. The number of nitrogens with zero attached hydrogens (tertiary/aromatic N) is 3. The summed E-state index contributed by atoms with van der Waals surface area (Å²) in [5, 5.41) is 0.726. The van der Waals surface area contributed by atoms with Gasteiger partial charge in [-0.3, -0.25) is 9.36 Å². The zero-order chi connectivity index (χ0) is 22.9. The van der Waals surface area contributed by atoms with Gasteiger partial charge >= 0.3 is 5.69 Å². The predicted molar refractivity (Wildman–Crippen MR) is 131 cm³/mol. The number of hydrogen-bond donors (Lipinski definition) is 1. The fourth-order valence-electron chi connectivity index (χ4n) is 4.59. The Labute approximate surface area is 196 Å². The van der Waals surface area contributed by atoms with E-state index in [0.717, 1.165) is 33.8 Å². The normalized spacial score (nSPS) is 14.7. The number of hydrogen-bond acceptors (Lipinski definition) is 4. The fourth-order valence-corrected chi connectivity index (χ4v) is 5.53. The minimum Gasteiger partial charge on any atom is -0.338 e. The van der Waals surface area contributed by atoms with Crippen LogP contribution in [0.4, 0.5) is 0 Å². The van der Waals surface area contributed by atoms with Gasteiger partial charge in [0.2, 0.25) is 0 Å². The van der Waals surface area contributed by atoms with Crippen molar-refractivity contribution >= 4 is 28.7 Å². The standard InChI is InChI=1S/C26H26N4O2S/c1-17-9-10-23(18(2)16-17)33-24-20(6-5-13-27-24)25(31)29-14-11-19(12-15-29)30-22-8-4-3-7-21(22)28-26(30)32/h3-10,13,16,19H,11-12,14-15H2,1-2H3,(H,28,32). The second-order valence-corrected chi connectivity index (χ2v) is 9.60. The van der Waals surface area contributed by atoms with E-state index in [1.165, 1.54) is 22.9 Å². The van der Waals surface area contributed by atoms with Gasteiger partial charge in [0, 0.05) is 30.2 Å². The lowest BCUT2D eigenvalue weighted by Gasteiger charge is -2.32. The zero-order valence-electron chi connectivity index (χ0n) is 18.7. The van der Waals surface area contributed by atoms with Crippen LogP contribution in [0.15, 0.2) is 75.5 Å². The fraction of sp³-hybridized carbons (Fsp3) is 0.269. The molecule has 1 amide bonds. The van der Waals surface area contributed by atoms with E-state index in [-0.39, 0.29) is 17.6 Å². The molecule has 2 aromatic heterocycles. The van der Waals surface area contributed by atoms with E-state index in [1.54, 1.807) is 6.20 Å². The quantitative estimate of drug-likeness (QED) is 0.469. The van der Waals surface area contributed by atoms with Crippen molar-refractivity contribution < 1.29 is 4.79 Å². The Hall–Kier alpha value is -3.32. The first kappa shape index (κ1) is 21.5. The lowest BCUT2D eigenvalue weighted by Crippen LogP contribution is -2.40. The third-order valence-electron chi connectivity index (χ3n) is 6.28. The summed E-state index contributed by atoms with van der Waals surface area (Å²) < 4.78 is 1.85. The molecule has 1 aliphatic heterocycles. The van der Waals surface area contributed by atoms with Crippen molar-refractivity contribution in [2.45, 2.75) is 42.7 Å². The number of pyridine rings is 1. The van der Waals surface area contributed by atoms with Gasteiger partial charge in [0.05, 0.1) is 16.6 Å². The van der Waals surface area contributed by atoms with Crippen LogP contribution in [0.5, 0.6) is 0 Å². The van der Waals surface area contributed by atoms with Gasteiger partial charge in [-0.2, -0.15) is 0 Å². The first-order valence-corrected chi connectivity index (χ1v) is 12.0. The molecule has 168 valence electrons. The summed E-state index contributed by atoms with van der Waals surface area (Å²) in [6.45, 7) is 5.37. The number of fused-ring (bicyclic) bond motifs is 1. The number of para-hydroxylation sites is 2. The minimum atomic E-state index is -0.0830. The number of H-pyrrole nitrogens is 1. The summed E-state index contributed by atoms with van der Waals surface area (Å²) in [5.74, 6) is 0.0000818. The highest BCUT2D eigenvalue weighted by Gasteiger charge is 2.28. The maximum absolute atomic E-state index is 13.4. The van der Waals surface area contributed by atoms with Crippen molar-refractivity contribution in [3.05, 3.63) is 88.0 Å². The molecule has 4 aromatic rings. The van der Waals surface area contributed by atoms with Crippen LogP contribution in [0, 0.1) is 13.8 Å². The van der Waals surface area contributed by atoms with Gasteiger partial charge in [-0.15, -0.1) is 0 Å². The summed E-state index contributed by atoms with van der Waals surface area (Å²) in [6, 6.07) is 17.8. The third-order valence-corrected chi connectivity index (χ3v) is 7.48. The van der Waals surface area contributed by atoms with Gasteiger partial charge in [0.25, 0.3) is 5.91 Å². The highest BCUT2D eigenvalue weighted by Crippen LogP contribution is 2.33. The number of imidazole rings is 1. The SMILES string of the molecule is Cc1ccc(Sc2ncccc2C(=O)N2CCC(n3c(=O)[nH]c4ccccc43)CC2)c(C)c1. The molecule has 1 N–H and O–H groups in total. The molecular weight excluding hydrogens is 432 g/mol. The van der Waals surface area contributed by atoms with Crippen LogP contribution < -0.4 is 5.69 Å². The number of carbonyl (C=O) groups is 1. The molecule has 0 atom stereocenters. The van der Waals surface area contributed by atoms with Crippen molar-refractivity contribution in [1.29, 1.82) is 0 Å². The number of aromatic nitrogens is 3. The number of piperidine rings is 1. The Kier molecular flexibility index (Phi) is 5.81. The second-order valence-electron chi connectivity index (χ2n) is 8.57. The molecule has 0 unspecified atom stereocenters. The lowest BCUT2D eigenvalue weighted by molar-refractivity contribution is 0.0690. The Morgan fingerprint density at radius 2 is 1.85 bits per heavy atom. The Balaban J connectivity index is 1.33. The Morgan fingerprint density at radius 1 is 1.06 bits per heavy atom. The molecule has 0 bridgehead atoms. The molecule has 33 heavy (non-hydrogen) atoms. The maximum atomic E-state index is 13.4. The van der Waals surface area contributed by atoms with E-state index in [2.05, 4.69) is 42.0 Å². The summed E-state index contributed by atoms with van der Waals surface area (Å²) in [7, 11) is 0. The molecule has 6 nitrogen and oxygen atoms in total. The molecule has 2 aromatic carbocycles. The largest absolute Gasteiger partial charge is 0.338 e. The number of amides is 1. The van der Waals surface area contributed by atoms with Crippen LogP contribution >= 0.6 is 11.8 Å². The van der Waals surface area contributed by atoms with Crippen molar-refractivity contribution in [3.63, 3.8) is 0 Å². The second kappa shape index (κ2) is 8.90. The van der Waals surface area contributed by atoms with Gasteiger partial charge in [0.15, 0.2) is 0 Å². The number of aryl methyl sites for hydroxylation is 2. The van der Waals surface area contributed by atoms with E-state index < -0.39 is 0 Å². The summed E-state index contributed by atoms with van der Waals surface area (Å²) >= 11 is 1.54. The number of rotatable bonds is 4. The van der Waals surface area contributed by atoms with Gasteiger partial charge in [-0.25, -0.2) is 9.78 Å². The Bertz CT molecular complexity index is 1380. The van der Waals surface area contributed by atoms with Crippen LogP contribution in [0.2, 0.25) is 0 Å². The maximum Gasteiger partial charge on any atom is 0.326 e. The smallest absolute Gasteiger partial charge is 0.326 e. The molecule has 7 heteroatoms. The first-order valence-electron chi connectivity index (χ1n) is 11.2. The predicted octanol–water partition coefficient (Wildman–Crippen LogP) is 4.97. The van der Waals surface area contributed by atoms with E-state index in [0.29, 0.717) is 18.7 Å². The molecule has 0 radical (unpaired) electrons. The summed E-state index contributed by atoms with van der Waals surface area (Å²) in [5.41, 5.74) is 4.71. The molecule has 1 saturated heterocycles. The molecule has 3 heterocycles. The molecule has 1 fully saturated rings. The van der Waals surface area contributed by atoms with E-state index in [9.17, 15) is 9.59 Å². The number of likely N-dealkylation sites (tertiary alicyclic amines) is 1. The summed E-state index contributed by atoms with van der Waals surface area (Å²) in [4.78, 5) is 36.4. The van der Waals surface area contributed by atoms with Crippen LogP contribution in [-0.2, 0) is 0 Å². The van der Waals surface area contributed by atoms with Crippen molar-refractivity contribution in [2.24, 2.45) is 0 Å². The highest BCUT2D eigenvalue weighted by molar-refractivity contribution is 7.99. The van der Waals surface area contributed by atoms with Crippen LogP contribution in [0.3, 0.4) is 0 Å². The lowest BCUT2D eigenvalue weighted by atomic mass is 10.0. The van der Waals surface area contributed by atoms with E-state index in [1.807, 2.05) is 45.9 Å². The topological polar surface area (TPSA) is 71.0 Å². The van der Waals surface area contributed by atoms with Crippen molar-refractivity contribution in [1.82, 2.24) is 19.4 Å². The number of aromatic amines is 1. The van der Waals surface area contributed by atoms with Gasteiger partial charge in [-0.1, -0.05) is 41.6 Å². The average molecular weight is 459 g/mol. The van der Waals surface area contributed by atoms with Crippen molar-refractivity contribution in [3.8, 4) is 0 Å². The highest BCUT2D eigenvalue weighted by atomic mass is 32.2. The van der Waals surface area contributed by atoms with Crippen LogP contribution in [0.1, 0.15) is 40.4 Å². The van der Waals surface area contributed by atoms with Crippen LogP contribution in [-0.4, -0.2) is 38.4 Å². The van der Waals surface area contributed by atoms with Gasteiger partial charge < -0.3 is 9.88 Å². The zero-order valence-corrected chi connectivity index (χ0v) is 19.6. The molecule has 0 spiro atoms. The number of carbonyl (C=O) groups excluding carboxylic acids is 1. The third kappa shape index (κ3) is 4.20. The molecule has 0 aliphatic carbocycles.